The Hall–Kier alpha value is -3.14. The van der Waals surface area contributed by atoms with E-state index in [1.807, 2.05) is 47.7 Å². The van der Waals surface area contributed by atoms with Crippen LogP contribution in [0.15, 0.2) is 60.8 Å². The van der Waals surface area contributed by atoms with E-state index in [1.54, 1.807) is 25.4 Å². The smallest absolute Gasteiger partial charge is 0.212 e. The molecule has 2 aromatic heterocycles. The normalized spacial score (nSPS) is 11.1. The number of carbonyl (C=O) groups is 1. The third-order valence-electron chi connectivity index (χ3n) is 4.16. The molecule has 4 heteroatoms. The van der Waals surface area contributed by atoms with Gasteiger partial charge in [0.15, 0.2) is 0 Å². The lowest BCUT2D eigenvalue weighted by atomic mass is 10.1. The molecule has 0 amide bonds. The molecule has 0 aliphatic rings. The quantitative estimate of drug-likeness (QED) is 0.536. The zero-order valence-corrected chi connectivity index (χ0v) is 13.5. The maximum absolute atomic E-state index is 12.7. The highest BCUT2D eigenvalue weighted by atomic mass is 16.5. The second kappa shape index (κ2) is 5.49. The van der Waals surface area contributed by atoms with Crippen LogP contribution in [0.5, 0.6) is 5.75 Å². The predicted octanol–water partition coefficient (Wildman–Crippen LogP) is 4.04. The number of hydrogen-bond acceptors (Lipinski definition) is 3. The summed E-state index contributed by atoms with van der Waals surface area (Å²) < 4.78 is 7.44. The Bertz CT molecular complexity index is 1070. The maximum atomic E-state index is 12.7. The lowest BCUT2D eigenvalue weighted by molar-refractivity contribution is 0.103. The Morgan fingerprint density at radius 3 is 2.62 bits per heavy atom. The van der Waals surface area contributed by atoms with Crippen LogP contribution in [0, 0.1) is 6.92 Å². The van der Waals surface area contributed by atoms with Crippen LogP contribution in [0.4, 0.5) is 0 Å². The summed E-state index contributed by atoms with van der Waals surface area (Å²) in [5, 5.41) is 1.00. The van der Waals surface area contributed by atoms with Crippen LogP contribution in [0.25, 0.3) is 16.6 Å². The van der Waals surface area contributed by atoms with E-state index >= 15 is 0 Å². The predicted molar refractivity (Wildman–Crippen MR) is 93.9 cm³/mol. The van der Waals surface area contributed by atoms with Crippen molar-refractivity contribution in [3.05, 3.63) is 77.6 Å². The highest BCUT2D eigenvalue weighted by molar-refractivity contribution is 6.08. The fourth-order valence-corrected chi connectivity index (χ4v) is 2.96. The molecular formula is C20H16N2O2. The number of aromatic nitrogens is 2. The van der Waals surface area contributed by atoms with Crippen molar-refractivity contribution in [1.29, 1.82) is 0 Å². The maximum Gasteiger partial charge on any atom is 0.212 e. The number of rotatable bonds is 3. The van der Waals surface area contributed by atoms with Crippen molar-refractivity contribution in [3.8, 4) is 5.75 Å². The summed E-state index contributed by atoms with van der Waals surface area (Å²) in [6.45, 7) is 2.04. The summed E-state index contributed by atoms with van der Waals surface area (Å²) in [5.41, 5.74) is 3.88. The largest absolute Gasteiger partial charge is 0.496 e. The Balaban J connectivity index is 1.95. The summed E-state index contributed by atoms with van der Waals surface area (Å²) >= 11 is 0. The summed E-state index contributed by atoms with van der Waals surface area (Å²) in [6, 6.07) is 17.2. The Morgan fingerprint density at radius 1 is 1.08 bits per heavy atom. The monoisotopic (exact) mass is 316 g/mol. The number of fused-ring (bicyclic) bond motifs is 3. The third-order valence-corrected chi connectivity index (χ3v) is 4.16. The number of hydrogen-bond donors (Lipinski definition) is 0. The zero-order chi connectivity index (χ0) is 16.7. The fourth-order valence-electron chi connectivity index (χ4n) is 2.96. The Kier molecular flexibility index (Phi) is 3.31. The van der Waals surface area contributed by atoms with E-state index in [4.69, 9.17) is 4.74 Å². The summed E-state index contributed by atoms with van der Waals surface area (Å²) in [6.07, 6.45) is 1.79. The molecule has 0 aliphatic carbocycles. The first-order valence-corrected chi connectivity index (χ1v) is 7.73. The molecule has 2 aromatic carbocycles. The SMILES string of the molecule is COc1cc2nc(C(=O)c3ccccc3)cn2c2ccc(C)cc12. The highest BCUT2D eigenvalue weighted by Gasteiger charge is 2.15. The molecule has 0 unspecified atom stereocenters. The standard InChI is InChI=1S/C20H16N2O2/c1-13-8-9-17-15(10-13)18(24-2)11-19-21-16(12-22(17)19)20(23)14-6-4-3-5-7-14/h3-12H,1-2H3. The van der Waals surface area contributed by atoms with Crippen molar-refractivity contribution in [2.75, 3.05) is 7.11 Å². The zero-order valence-electron chi connectivity index (χ0n) is 13.5. The fraction of sp³-hybridized carbons (Fsp3) is 0.100. The van der Waals surface area contributed by atoms with E-state index in [-0.39, 0.29) is 5.78 Å². The van der Waals surface area contributed by atoms with E-state index < -0.39 is 0 Å². The molecule has 0 aliphatic heterocycles. The summed E-state index contributed by atoms with van der Waals surface area (Å²) in [4.78, 5) is 17.2. The van der Waals surface area contributed by atoms with Gasteiger partial charge in [-0.05, 0) is 19.1 Å². The van der Waals surface area contributed by atoms with Gasteiger partial charge in [-0.2, -0.15) is 0 Å². The number of ether oxygens (including phenoxy) is 1. The number of imidazole rings is 1. The van der Waals surface area contributed by atoms with Crippen LogP contribution in [0.2, 0.25) is 0 Å². The molecule has 24 heavy (non-hydrogen) atoms. The van der Waals surface area contributed by atoms with Crippen LogP contribution >= 0.6 is 0 Å². The second-order valence-corrected chi connectivity index (χ2v) is 5.78. The summed E-state index contributed by atoms with van der Waals surface area (Å²) in [5.74, 6) is 0.670. The molecule has 4 aromatic rings. The van der Waals surface area contributed by atoms with Gasteiger partial charge >= 0.3 is 0 Å². The Labute approximate surface area is 139 Å². The van der Waals surface area contributed by atoms with E-state index in [0.29, 0.717) is 16.9 Å². The van der Waals surface area contributed by atoms with Crippen LogP contribution in [0.1, 0.15) is 21.6 Å². The number of nitrogens with zero attached hydrogens (tertiary/aromatic N) is 2. The molecule has 0 N–H and O–H groups in total. The molecule has 4 nitrogen and oxygen atoms in total. The molecule has 0 fully saturated rings. The van der Waals surface area contributed by atoms with Crippen LogP contribution in [-0.4, -0.2) is 22.3 Å². The number of pyridine rings is 1. The van der Waals surface area contributed by atoms with Gasteiger partial charge < -0.3 is 4.74 Å². The Morgan fingerprint density at radius 2 is 1.88 bits per heavy atom. The molecular weight excluding hydrogens is 300 g/mol. The topological polar surface area (TPSA) is 43.6 Å². The molecule has 118 valence electrons. The van der Waals surface area contributed by atoms with Crippen LogP contribution < -0.4 is 4.74 Å². The van der Waals surface area contributed by atoms with Crippen molar-refractivity contribution in [2.45, 2.75) is 6.92 Å². The minimum absolute atomic E-state index is 0.0847. The van der Waals surface area contributed by atoms with E-state index in [1.165, 1.54) is 0 Å². The first kappa shape index (κ1) is 14.5. The molecule has 0 saturated carbocycles. The number of ketones is 1. The van der Waals surface area contributed by atoms with Crippen molar-refractivity contribution in [3.63, 3.8) is 0 Å². The van der Waals surface area contributed by atoms with E-state index in [9.17, 15) is 4.79 Å². The number of methoxy groups -OCH3 is 1. The average molecular weight is 316 g/mol. The molecule has 0 radical (unpaired) electrons. The van der Waals surface area contributed by atoms with Gasteiger partial charge in [0.1, 0.15) is 17.1 Å². The van der Waals surface area contributed by atoms with Crippen molar-refractivity contribution < 1.29 is 9.53 Å². The van der Waals surface area contributed by atoms with Gasteiger partial charge in [0.05, 0.1) is 12.6 Å². The number of benzene rings is 2. The van der Waals surface area contributed by atoms with E-state index in [2.05, 4.69) is 11.1 Å². The summed E-state index contributed by atoms with van der Waals surface area (Å²) in [7, 11) is 1.65. The van der Waals surface area contributed by atoms with Crippen LogP contribution in [-0.2, 0) is 0 Å². The molecule has 2 heterocycles. The number of carbonyl (C=O) groups excluding carboxylic acids is 1. The van der Waals surface area contributed by atoms with Gasteiger partial charge in [-0.15, -0.1) is 0 Å². The van der Waals surface area contributed by atoms with Gasteiger partial charge in [0, 0.05) is 23.2 Å². The van der Waals surface area contributed by atoms with Crippen molar-refractivity contribution in [2.24, 2.45) is 0 Å². The molecule has 0 spiro atoms. The lowest BCUT2D eigenvalue weighted by Crippen LogP contribution is -2.00. The molecule has 0 bridgehead atoms. The van der Waals surface area contributed by atoms with Gasteiger partial charge in [0.25, 0.3) is 0 Å². The third kappa shape index (κ3) is 2.24. The van der Waals surface area contributed by atoms with Crippen molar-refractivity contribution in [1.82, 2.24) is 9.38 Å². The van der Waals surface area contributed by atoms with Crippen molar-refractivity contribution >= 4 is 22.3 Å². The minimum Gasteiger partial charge on any atom is -0.496 e. The lowest BCUT2D eigenvalue weighted by Gasteiger charge is -2.08. The molecule has 0 saturated heterocycles. The van der Waals surface area contributed by atoms with E-state index in [0.717, 1.165) is 22.2 Å². The van der Waals surface area contributed by atoms with Gasteiger partial charge in [-0.3, -0.25) is 9.20 Å². The second-order valence-electron chi connectivity index (χ2n) is 5.78. The van der Waals surface area contributed by atoms with Gasteiger partial charge in [0.2, 0.25) is 5.78 Å². The first-order chi connectivity index (χ1) is 11.7. The minimum atomic E-state index is -0.0847. The van der Waals surface area contributed by atoms with Gasteiger partial charge in [-0.1, -0.05) is 42.0 Å². The highest BCUT2D eigenvalue weighted by Crippen LogP contribution is 2.29. The van der Waals surface area contributed by atoms with Gasteiger partial charge in [-0.25, -0.2) is 4.98 Å². The van der Waals surface area contributed by atoms with Crippen LogP contribution in [0.3, 0.4) is 0 Å². The molecule has 0 atom stereocenters. The molecule has 4 rings (SSSR count). The first-order valence-electron chi connectivity index (χ1n) is 7.73. The number of aryl methyl sites for hydroxylation is 1. The average Bonchev–Trinajstić information content (AvgIpc) is 3.05.